The molecule has 0 amide bonds. The molecule has 1 fully saturated rings. The van der Waals surface area contributed by atoms with Crippen molar-refractivity contribution in [2.24, 2.45) is 5.92 Å². The predicted octanol–water partition coefficient (Wildman–Crippen LogP) is 3.13. The summed E-state index contributed by atoms with van der Waals surface area (Å²) < 4.78 is 5.66. The van der Waals surface area contributed by atoms with Gasteiger partial charge in [0.1, 0.15) is 0 Å². The summed E-state index contributed by atoms with van der Waals surface area (Å²) in [5.74, 6) is 0.355. The highest BCUT2D eigenvalue weighted by molar-refractivity contribution is 4.93. The van der Waals surface area contributed by atoms with Crippen molar-refractivity contribution in [1.82, 2.24) is 0 Å². The van der Waals surface area contributed by atoms with E-state index in [1.165, 1.54) is 19.3 Å². The summed E-state index contributed by atoms with van der Waals surface area (Å²) >= 11 is 0. The molecule has 0 spiro atoms. The molecule has 1 N–H and O–H groups in total. The lowest BCUT2D eigenvalue weighted by Gasteiger charge is -2.42. The summed E-state index contributed by atoms with van der Waals surface area (Å²) in [4.78, 5) is 0. The Morgan fingerprint density at radius 1 is 1.27 bits per heavy atom. The topological polar surface area (TPSA) is 29.5 Å². The normalized spacial score (nSPS) is 24.8. The average molecular weight is 214 g/mol. The van der Waals surface area contributed by atoms with Crippen molar-refractivity contribution < 1.29 is 9.84 Å². The van der Waals surface area contributed by atoms with Gasteiger partial charge in [-0.05, 0) is 25.2 Å². The second-order valence-corrected chi connectivity index (χ2v) is 5.04. The third kappa shape index (κ3) is 2.94. The molecule has 2 nitrogen and oxygen atoms in total. The SMILES string of the molecule is CCCC(C)C(O)C1(OC)CCCCC1. The molecule has 1 aliphatic rings. The van der Waals surface area contributed by atoms with Crippen LogP contribution in [0.5, 0.6) is 0 Å². The molecule has 90 valence electrons. The second-order valence-electron chi connectivity index (χ2n) is 5.04. The lowest BCUT2D eigenvalue weighted by Crippen LogP contribution is -2.48. The molecular formula is C13H26O2. The smallest absolute Gasteiger partial charge is 0.0939 e. The number of aliphatic hydroxyl groups is 1. The van der Waals surface area contributed by atoms with Gasteiger partial charge < -0.3 is 9.84 Å². The van der Waals surface area contributed by atoms with E-state index in [2.05, 4.69) is 13.8 Å². The largest absolute Gasteiger partial charge is 0.390 e. The van der Waals surface area contributed by atoms with Crippen LogP contribution in [0.15, 0.2) is 0 Å². The van der Waals surface area contributed by atoms with E-state index in [1.807, 2.05) is 0 Å². The van der Waals surface area contributed by atoms with E-state index in [1.54, 1.807) is 7.11 Å². The van der Waals surface area contributed by atoms with Crippen LogP contribution in [0.1, 0.15) is 58.8 Å². The number of methoxy groups -OCH3 is 1. The first kappa shape index (κ1) is 13.0. The van der Waals surface area contributed by atoms with E-state index in [0.717, 1.165) is 25.7 Å². The van der Waals surface area contributed by atoms with Crippen LogP contribution in [0, 0.1) is 5.92 Å². The number of rotatable bonds is 5. The fraction of sp³-hybridized carbons (Fsp3) is 1.00. The maximum atomic E-state index is 10.4. The van der Waals surface area contributed by atoms with E-state index in [9.17, 15) is 5.11 Å². The van der Waals surface area contributed by atoms with Gasteiger partial charge in [0.15, 0.2) is 0 Å². The van der Waals surface area contributed by atoms with E-state index in [-0.39, 0.29) is 11.7 Å². The van der Waals surface area contributed by atoms with Gasteiger partial charge in [0.25, 0.3) is 0 Å². The highest BCUT2D eigenvalue weighted by Gasteiger charge is 2.41. The first-order valence-electron chi connectivity index (χ1n) is 6.39. The molecule has 1 aliphatic carbocycles. The van der Waals surface area contributed by atoms with Crippen LogP contribution in [0.4, 0.5) is 0 Å². The third-order valence-corrected chi connectivity index (χ3v) is 3.93. The monoisotopic (exact) mass is 214 g/mol. The molecule has 1 saturated carbocycles. The summed E-state index contributed by atoms with van der Waals surface area (Å²) in [5, 5.41) is 10.4. The van der Waals surface area contributed by atoms with Crippen molar-refractivity contribution in [2.75, 3.05) is 7.11 Å². The summed E-state index contributed by atoms with van der Waals surface area (Å²) in [6.45, 7) is 4.31. The fourth-order valence-electron chi connectivity index (χ4n) is 2.90. The number of ether oxygens (including phenoxy) is 1. The Bertz CT molecular complexity index is 173. The Balaban J connectivity index is 2.62. The molecule has 0 bridgehead atoms. The van der Waals surface area contributed by atoms with Gasteiger partial charge in [-0.15, -0.1) is 0 Å². The van der Waals surface area contributed by atoms with Gasteiger partial charge in [0.05, 0.1) is 11.7 Å². The van der Waals surface area contributed by atoms with Crippen LogP contribution in [-0.2, 0) is 4.74 Å². The Morgan fingerprint density at radius 2 is 1.87 bits per heavy atom. The van der Waals surface area contributed by atoms with Crippen molar-refractivity contribution in [3.63, 3.8) is 0 Å². The molecule has 0 aromatic carbocycles. The summed E-state index contributed by atoms with van der Waals surface area (Å²) in [6.07, 6.45) is 7.68. The molecule has 0 aliphatic heterocycles. The standard InChI is InChI=1S/C13H26O2/c1-4-8-11(2)12(14)13(15-3)9-6-5-7-10-13/h11-12,14H,4-10H2,1-3H3. The van der Waals surface area contributed by atoms with Crippen molar-refractivity contribution in [3.05, 3.63) is 0 Å². The highest BCUT2D eigenvalue weighted by Crippen LogP contribution is 2.37. The minimum absolute atomic E-state index is 0.243. The van der Waals surface area contributed by atoms with Crippen LogP contribution >= 0.6 is 0 Å². The Labute approximate surface area is 94.0 Å². The van der Waals surface area contributed by atoms with Gasteiger partial charge >= 0.3 is 0 Å². The zero-order chi connectivity index (χ0) is 11.3. The van der Waals surface area contributed by atoms with Crippen molar-refractivity contribution in [3.8, 4) is 0 Å². The zero-order valence-corrected chi connectivity index (χ0v) is 10.5. The first-order valence-corrected chi connectivity index (χ1v) is 6.39. The van der Waals surface area contributed by atoms with Crippen LogP contribution in [-0.4, -0.2) is 23.9 Å². The Morgan fingerprint density at radius 3 is 2.33 bits per heavy atom. The van der Waals surface area contributed by atoms with Crippen molar-refractivity contribution >= 4 is 0 Å². The zero-order valence-electron chi connectivity index (χ0n) is 10.5. The summed E-state index contributed by atoms with van der Waals surface area (Å²) in [7, 11) is 1.76. The summed E-state index contributed by atoms with van der Waals surface area (Å²) in [5.41, 5.74) is -0.243. The van der Waals surface area contributed by atoms with Crippen LogP contribution in [0.2, 0.25) is 0 Å². The van der Waals surface area contributed by atoms with Crippen LogP contribution in [0.3, 0.4) is 0 Å². The van der Waals surface area contributed by atoms with Gasteiger partial charge in [-0.3, -0.25) is 0 Å². The maximum absolute atomic E-state index is 10.4. The Hall–Kier alpha value is -0.0800. The van der Waals surface area contributed by atoms with E-state index in [0.29, 0.717) is 5.92 Å². The van der Waals surface area contributed by atoms with Crippen molar-refractivity contribution in [2.45, 2.75) is 70.5 Å². The van der Waals surface area contributed by atoms with Gasteiger partial charge in [-0.1, -0.05) is 39.5 Å². The fourth-order valence-corrected chi connectivity index (χ4v) is 2.90. The second kappa shape index (κ2) is 5.86. The quantitative estimate of drug-likeness (QED) is 0.762. The van der Waals surface area contributed by atoms with Gasteiger partial charge in [-0.25, -0.2) is 0 Å². The minimum atomic E-state index is -0.289. The first-order chi connectivity index (χ1) is 7.16. The maximum Gasteiger partial charge on any atom is 0.0939 e. The molecule has 0 heterocycles. The number of hydrogen-bond acceptors (Lipinski definition) is 2. The molecule has 15 heavy (non-hydrogen) atoms. The number of aliphatic hydroxyl groups excluding tert-OH is 1. The van der Waals surface area contributed by atoms with E-state index < -0.39 is 0 Å². The molecule has 0 aromatic rings. The molecule has 0 radical (unpaired) electrons. The number of hydrogen-bond donors (Lipinski definition) is 1. The van der Waals surface area contributed by atoms with Gasteiger partial charge in [-0.2, -0.15) is 0 Å². The molecule has 0 aromatic heterocycles. The highest BCUT2D eigenvalue weighted by atomic mass is 16.5. The minimum Gasteiger partial charge on any atom is -0.390 e. The lowest BCUT2D eigenvalue weighted by molar-refractivity contribution is -0.140. The molecule has 1 rings (SSSR count). The van der Waals surface area contributed by atoms with Crippen LogP contribution in [0.25, 0.3) is 0 Å². The lowest BCUT2D eigenvalue weighted by atomic mass is 9.75. The van der Waals surface area contributed by atoms with Crippen molar-refractivity contribution in [1.29, 1.82) is 0 Å². The molecular weight excluding hydrogens is 188 g/mol. The molecule has 0 saturated heterocycles. The van der Waals surface area contributed by atoms with Gasteiger partial charge in [0, 0.05) is 7.11 Å². The molecule has 2 unspecified atom stereocenters. The average Bonchev–Trinajstić information content (AvgIpc) is 2.29. The Kier molecular flexibility index (Phi) is 5.07. The summed E-state index contributed by atoms with van der Waals surface area (Å²) in [6, 6.07) is 0. The predicted molar refractivity (Wildman–Crippen MR) is 62.9 cm³/mol. The van der Waals surface area contributed by atoms with E-state index >= 15 is 0 Å². The molecule has 2 heteroatoms. The van der Waals surface area contributed by atoms with E-state index in [4.69, 9.17) is 4.74 Å². The van der Waals surface area contributed by atoms with Gasteiger partial charge in [0.2, 0.25) is 0 Å². The van der Waals surface area contributed by atoms with Crippen LogP contribution < -0.4 is 0 Å². The molecule has 2 atom stereocenters. The third-order valence-electron chi connectivity index (χ3n) is 3.93.